The van der Waals surface area contributed by atoms with Gasteiger partial charge in [-0.05, 0) is 31.5 Å². The van der Waals surface area contributed by atoms with E-state index in [0.29, 0.717) is 0 Å². The Hall–Kier alpha value is -3.01. The standard InChI is InChI=1S/C23H20F6O4/c1-13(2)31-20(30)12-14-11-19(15-7-3-5-9-17(15)22(24,25)26)33-21(32-14)16-8-4-6-10-18(16)23(27,28)29/h3-10,12-13,19,21H,11H2,1-2H3/b14-12+/t19-,21-/m0/s1. The van der Waals surface area contributed by atoms with Gasteiger partial charge < -0.3 is 14.2 Å². The number of hydrogen-bond acceptors (Lipinski definition) is 4. The van der Waals surface area contributed by atoms with E-state index in [-0.39, 0.29) is 17.7 Å². The van der Waals surface area contributed by atoms with E-state index in [4.69, 9.17) is 14.2 Å². The molecule has 178 valence electrons. The van der Waals surface area contributed by atoms with E-state index in [0.717, 1.165) is 24.3 Å². The molecule has 10 heteroatoms. The van der Waals surface area contributed by atoms with Gasteiger partial charge in [-0.15, -0.1) is 0 Å². The third kappa shape index (κ3) is 6.07. The molecular weight excluding hydrogens is 454 g/mol. The fourth-order valence-corrected chi connectivity index (χ4v) is 3.40. The van der Waals surface area contributed by atoms with E-state index < -0.39 is 53.5 Å². The monoisotopic (exact) mass is 474 g/mol. The molecule has 33 heavy (non-hydrogen) atoms. The molecule has 1 aliphatic rings. The summed E-state index contributed by atoms with van der Waals surface area (Å²) in [6, 6.07) is 8.99. The Labute approximate surface area is 185 Å². The van der Waals surface area contributed by atoms with Crippen molar-refractivity contribution in [2.45, 2.75) is 51.1 Å². The topological polar surface area (TPSA) is 44.8 Å². The highest BCUT2D eigenvalue weighted by molar-refractivity contribution is 5.82. The highest BCUT2D eigenvalue weighted by Gasteiger charge is 2.41. The molecule has 1 fully saturated rings. The summed E-state index contributed by atoms with van der Waals surface area (Å²) in [6.45, 7) is 3.18. The quantitative estimate of drug-likeness (QED) is 0.280. The van der Waals surface area contributed by atoms with E-state index in [9.17, 15) is 31.1 Å². The molecule has 1 saturated heterocycles. The smallest absolute Gasteiger partial charge is 0.416 e. The van der Waals surface area contributed by atoms with Gasteiger partial charge in [0.25, 0.3) is 0 Å². The van der Waals surface area contributed by atoms with Crippen LogP contribution in [0.5, 0.6) is 0 Å². The molecule has 0 aromatic heterocycles. The Balaban J connectivity index is 2.07. The van der Waals surface area contributed by atoms with Gasteiger partial charge in [0.05, 0.1) is 29.4 Å². The van der Waals surface area contributed by atoms with Crippen LogP contribution in [0.4, 0.5) is 26.3 Å². The lowest BCUT2D eigenvalue weighted by atomic mass is 9.97. The molecule has 2 aromatic carbocycles. The predicted molar refractivity (Wildman–Crippen MR) is 104 cm³/mol. The van der Waals surface area contributed by atoms with E-state index in [2.05, 4.69) is 0 Å². The maximum absolute atomic E-state index is 13.6. The number of benzene rings is 2. The first-order valence-electron chi connectivity index (χ1n) is 9.91. The average Bonchev–Trinajstić information content (AvgIpc) is 2.71. The Kier molecular flexibility index (Phi) is 7.06. The van der Waals surface area contributed by atoms with Crippen molar-refractivity contribution in [1.82, 2.24) is 0 Å². The first kappa shape index (κ1) is 24.6. The molecule has 1 heterocycles. The molecule has 0 bridgehead atoms. The van der Waals surface area contributed by atoms with Crippen molar-refractivity contribution in [2.75, 3.05) is 0 Å². The number of esters is 1. The van der Waals surface area contributed by atoms with E-state index >= 15 is 0 Å². The van der Waals surface area contributed by atoms with Crippen LogP contribution < -0.4 is 0 Å². The second-order valence-electron chi connectivity index (χ2n) is 7.54. The highest BCUT2D eigenvalue weighted by atomic mass is 19.4. The second kappa shape index (κ2) is 9.46. The number of hydrogen-bond donors (Lipinski definition) is 0. The molecule has 0 amide bonds. The van der Waals surface area contributed by atoms with Crippen LogP contribution in [0.1, 0.15) is 54.9 Å². The van der Waals surface area contributed by atoms with Crippen LogP contribution in [-0.4, -0.2) is 12.1 Å². The van der Waals surface area contributed by atoms with Gasteiger partial charge in [-0.25, -0.2) is 4.79 Å². The molecule has 0 N–H and O–H groups in total. The van der Waals surface area contributed by atoms with Crippen LogP contribution in [0.3, 0.4) is 0 Å². The van der Waals surface area contributed by atoms with Gasteiger partial charge in [0, 0.05) is 12.0 Å². The van der Waals surface area contributed by atoms with Gasteiger partial charge in [0.2, 0.25) is 6.29 Å². The van der Waals surface area contributed by atoms with Gasteiger partial charge in [-0.3, -0.25) is 0 Å². The molecule has 0 unspecified atom stereocenters. The number of carbonyl (C=O) groups is 1. The van der Waals surface area contributed by atoms with Crippen LogP contribution in [-0.2, 0) is 31.4 Å². The molecular formula is C23H20F6O4. The van der Waals surface area contributed by atoms with Crippen molar-refractivity contribution in [3.63, 3.8) is 0 Å². The zero-order valence-electron chi connectivity index (χ0n) is 17.5. The van der Waals surface area contributed by atoms with Crippen LogP contribution >= 0.6 is 0 Å². The molecule has 1 aliphatic heterocycles. The molecule has 4 nitrogen and oxygen atoms in total. The largest absolute Gasteiger partial charge is 0.465 e. The summed E-state index contributed by atoms with van der Waals surface area (Å²) in [4.78, 5) is 12.1. The summed E-state index contributed by atoms with van der Waals surface area (Å²) in [6.07, 6.45) is -12.4. The zero-order chi connectivity index (χ0) is 24.4. The van der Waals surface area contributed by atoms with Crippen molar-refractivity contribution in [1.29, 1.82) is 0 Å². The molecule has 0 aliphatic carbocycles. The van der Waals surface area contributed by atoms with Gasteiger partial charge in [0.1, 0.15) is 5.76 Å². The minimum absolute atomic E-state index is 0.157. The maximum Gasteiger partial charge on any atom is 0.416 e. The summed E-state index contributed by atoms with van der Waals surface area (Å²) in [5, 5.41) is 0. The number of halogens is 6. The summed E-state index contributed by atoms with van der Waals surface area (Å²) in [5.41, 5.74) is -2.78. The van der Waals surface area contributed by atoms with Crippen LogP contribution in [0.2, 0.25) is 0 Å². The summed E-state index contributed by atoms with van der Waals surface area (Å²) < 4.78 is 97.4. The normalized spacial score (nSPS) is 20.6. The number of alkyl halides is 6. The van der Waals surface area contributed by atoms with Crippen LogP contribution in [0, 0.1) is 0 Å². The average molecular weight is 474 g/mol. The molecule has 3 rings (SSSR count). The third-order valence-electron chi connectivity index (χ3n) is 4.70. The lowest BCUT2D eigenvalue weighted by molar-refractivity contribution is -0.199. The van der Waals surface area contributed by atoms with Crippen molar-refractivity contribution in [2.24, 2.45) is 0 Å². The van der Waals surface area contributed by atoms with Gasteiger partial charge >= 0.3 is 18.3 Å². The fourth-order valence-electron chi connectivity index (χ4n) is 3.40. The van der Waals surface area contributed by atoms with E-state index in [1.165, 1.54) is 30.3 Å². The minimum atomic E-state index is -4.76. The lowest BCUT2D eigenvalue weighted by Gasteiger charge is -2.34. The fraction of sp³-hybridized carbons (Fsp3) is 0.348. The Bertz CT molecular complexity index is 959. The lowest BCUT2D eigenvalue weighted by Crippen LogP contribution is -2.25. The Morgan fingerprint density at radius 2 is 1.45 bits per heavy atom. The maximum atomic E-state index is 13.6. The molecule has 0 radical (unpaired) electrons. The number of ether oxygens (including phenoxy) is 3. The van der Waals surface area contributed by atoms with Crippen molar-refractivity contribution in [3.05, 3.63) is 82.6 Å². The molecule has 2 aromatic rings. The van der Waals surface area contributed by atoms with Gasteiger partial charge in [-0.1, -0.05) is 36.4 Å². The SMILES string of the molecule is CC(C)OC(=O)/C=C1\C[C@@H](c2ccccc2C(F)(F)F)O[C@@H](c2ccccc2C(F)(F)F)O1. The molecule has 0 saturated carbocycles. The second-order valence-corrected chi connectivity index (χ2v) is 7.54. The molecule has 0 spiro atoms. The number of rotatable bonds is 4. The van der Waals surface area contributed by atoms with Crippen molar-refractivity contribution >= 4 is 5.97 Å². The Morgan fingerprint density at radius 3 is 2.00 bits per heavy atom. The van der Waals surface area contributed by atoms with E-state index in [1.807, 2.05) is 0 Å². The van der Waals surface area contributed by atoms with Crippen molar-refractivity contribution < 1.29 is 45.3 Å². The summed E-state index contributed by atoms with van der Waals surface area (Å²) in [5.74, 6) is -0.997. The first-order chi connectivity index (χ1) is 15.4. The van der Waals surface area contributed by atoms with Crippen molar-refractivity contribution in [3.8, 4) is 0 Å². The summed E-state index contributed by atoms with van der Waals surface area (Å²) in [7, 11) is 0. The van der Waals surface area contributed by atoms with Crippen LogP contribution in [0.15, 0.2) is 60.4 Å². The van der Waals surface area contributed by atoms with Crippen LogP contribution in [0.25, 0.3) is 0 Å². The van der Waals surface area contributed by atoms with Gasteiger partial charge in [0.15, 0.2) is 0 Å². The third-order valence-corrected chi connectivity index (χ3v) is 4.70. The van der Waals surface area contributed by atoms with Gasteiger partial charge in [-0.2, -0.15) is 26.3 Å². The van der Waals surface area contributed by atoms with E-state index in [1.54, 1.807) is 13.8 Å². The summed E-state index contributed by atoms with van der Waals surface area (Å²) >= 11 is 0. The zero-order valence-corrected chi connectivity index (χ0v) is 17.5. The highest BCUT2D eigenvalue weighted by Crippen LogP contribution is 2.45. The first-order valence-corrected chi connectivity index (χ1v) is 9.91. The predicted octanol–water partition coefficient (Wildman–Crippen LogP) is 6.74. The molecule has 2 atom stereocenters. The number of carbonyl (C=O) groups excluding carboxylic acids is 1. The Morgan fingerprint density at radius 1 is 0.939 bits per heavy atom. The minimum Gasteiger partial charge on any atom is -0.465 e.